The zero-order valence-electron chi connectivity index (χ0n) is 13.6. The molecule has 2 fully saturated rings. The van der Waals surface area contributed by atoms with E-state index in [2.05, 4.69) is 46.2 Å². The molecular weight excluding hydrogens is 254 g/mol. The third kappa shape index (κ3) is 3.08. The minimum absolute atomic E-state index is 0.0324. The van der Waals surface area contributed by atoms with Gasteiger partial charge in [0.1, 0.15) is 6.10 Å². The molecule has 20 heavy (non-hydrogen) atoms. The fourth-order valence-corrected chi connectivity index (χ4v) is 3.60. The molecule has 2 saturated heterocycles. The fourth-order valence-electron chi connectivity index (χ4n) is 3.60. The van der Waals surface area contributed by atoms with Gasteiger partial charge in [-0.15, -0.1) is 6.58 Å². The molecule has 1 atom stereocenters. The van der Waals surface area contributed by atoms with Crippen molar-refractivity contribution in [3.8, 4) is 0 Å². The quantitative estimate of drug-likeness (QED) is 0.586. The molecule has 0 saturated carbocycles. The summed E-state index contributed by atoms with van der Waals surface area (Å²) in [7, 11) is 2.19. The molecule has 0 aliphatic carbocycles. The van der Waals surface area contributed by atoms with Gasteiger partial charge in [-0.1, -0.05) is 6.08 Å². The van der Waals surface area contributed by atoms with Crippen molar-refractivity contribution >= 4 is 0 Å². The first-order chi connectivity index (χ1) is 9.21. The van der Waals surface area contributed by atoms with Gasteiger partial charge in [0, 0.05) is 23.9 Å². The van der Waals surface area contributed by atoms with E-state index in [4.69, 9.17) is 14.2 Å². The Morgan fingerprint density at radius 1 is 1.25 bits per heavy atom. The highest BCUT2D eigenvalue weighted by Crippen LogP contribution is 2.47. The summed E-state index contributed by atoms with van der Waals surface area (Å²) in [4.78, 5) is 2.43. The maximum atomic E-state index is 6.25. The average Bonchev–Trinajstić information content (AvgIpc) is 2.68. The molecular formula is C16H29NO3. The molecule has 0 radical (unpaired) electrons. The van der Waals surface area contributed by atoms with Crippen molar-refractivity contribution in [3.05, 3.63) is 12.7 Å². The van der Waals surface area contributed by atoms with Crippen LogP contribution in [0.3, 0.4) is 0 Å². The van der Waals surface area contributed by atoms with E-state index < -0.39 is 5.79 Å². The van der Waals surface area contributed by atoms with Crippen LogP contribution in [0.2, 0.25) is 0 Å². The van der Waals surface area contributed by atoms with Crippen molar-refractivity contribution in [2.45, 2.75) is 63.5 Å². The van der Waals surface area contributed by atoms with E-state index in [1.54, 1.807) is 6.08 Å². The van der Waals surface area contributed by atoms with Gasteiger partial charge in [-0.25, -0.2) is 0 Å². The van der Waals surface area contributed by atoms with Crippen LogP contribution in [-0.4, -0.2) is 54.7 Å². The van der Waals surface area contributed by atoms with Crippen LogP contribution < -0.4 is 0 Å². The Labute approximate surface area is 123 Å². The van der Waals surface area contributed by atoms with E-state index in [0.717, 1.165) is 12.8 Å². The van der Waals surface area contributed by atoms with E-state index in [9.17, 15) is 0 Å². The summed E-state index contributed by atoms with van der Waals surface area (Å²) in [5, 5.41) is 0. The predicted octanol–water partition coefficient (Wildman–Crippen LogP) is 2.58. The van der Waals surface area contributed by atoms with E-state index in [1.807, 2.05) is 0 Å². The lowest BCUT2D eigenvalue weighted by Gasteiger charge is -2.56. The molecule has 2 aliphatic heterocycles. The first-order valence-corrected chi connectivity index (χ1v) is 7.45. The lowest BCUT2D eigenvalue weighted by Crippen LogP contribution is -2.64. The molecule has 2 rings (SSSR count). The minimum Gasteiger partial charge on any atom is -0.375 e. The van der Waals surface area contributed by atoms with E-state index in [1.165, 1.54) is 0 Å². The van der Waals surface area contributed by atoms with Gasteiger partial charge in [-0.3, -0.25) is 4.90 Å². The molecule has 4 nitrogen and oxygen atoms in total. The minimum atomic E-state index is -0.457. The second kappa shape index (κ2) is 5.41. The van der Waals surface area contributed by atoms with Gasteiger partial charge in [0.05, 0.1) is 19.8 Å². The zero-order chi connectivity index (χ0) is 15.0. The number of likely N-dealkylation sites (tertiary alicyclic amines) is 1. The smallest absolute Gasteiger partial charge is 0.172 e. The van der Waals surface area contributed by atoms with Gasteiger partial charge in [0.25, 0.3) is 0 Å². The van der Waals surface area contributed by atoms with Gasteiger partial charge in [-0.05, 0) is 34.7 Å². The topological polar surface area (TPSA) is 30.9 Å². The maximum Gasteiger partial charge on any atom is 0.172 e. The lowest BCUT2D eigenvalue weighted by atomic mass is 9.76. The molecule has 2 aliphatic rings. The SMILES string of the molecule is C=CCOCC1COC2(CC(C)(C)N(C)C(C)(C)C2)O1. The Morgan fingerprint density at radius 2 is 1.85 bits per heavy atom. The third-order valence-corrected chi connectivity index (χ3v) is 4.67. The van der Waals surface area contributed by atoms with Crippen LogP contribution in [-0.2, 0) is 14.2 Å². The number of nitrogens with zero attached hydrogens (tertiary/aromatic N) is 1. The van der Waals surface area contributed by atoms with Crippen molar-refractivity contribution in [1.82, 2.24) is 4.90 Å². The first kappa shape index (κ1) is 16.0. The monoisotopic (exact) mass is 283 g/mol. The number of hydrogen-bond acceptors (Lipinski definition) is 4. The molecule has 0 bridgehead atoms. The summed E-state index contributed by atoms with van der Waals surface area (Å²) in [5.74, 6) is -0.457. The van der Waals surface area contributed by atoms with Crippen molar-refractivity contribution in [2.24, 2.45) is 0 Å². The van der Waals surface area contributed by atoms with Gasteiger partial charge < -0.3 is 14.2 Å². The average molecular weight is 283 g/mol. The Balaban J connectivity index is 2.03. The van der Waals surface area contributed by atoms with Gasteiger partial charge in [-0.2, -0.15) is 0 Å². The second-order valence-corrected chi connectivity index (χ2v) is 7.33. The first-order valence-electron chi connectivity index (χ1n) is 7.45. The summed E-state index contributed by atoms with van der Waals surface area (Å²) in [5.41, 5.74) is 0.108. The number of piperidine rings is 1. The summed E-state index contributed by atoms with van der Waals surface area (Å²) < 4.78 is 17.8. The van der Waals surface area contributed by atoms with Crippen LogP contribution in [0, 0.1) is 0 Å². The molecule has 0 aromatic heterocycles. The normalized spacial score (nSPS) is 31.6. The molecule has 0 amide bonds. The molecule has 1 unspecified atom stereocenters. The van der Waals surface area contributed by atoms with E-state index in [-0.39, 0.29) is 17.2 Å². The second-order valence-electron chi connectivity index (χ2n) is 7.33. The predicted molar refractivity (Wildman–Crippen MR) is 79.7 cm³/mol. The van der Waals surface area contributed by atoms with Crippen molar-refractivity contribution in [3.63, 3.8) is 0 Å². The number of rotatable bonds is 4. The van der Waals surface area contributed by atoms with Crippen LogP contribution in [0.25, 0.3) is 0 Å². The van der Waals surface area contributed by atoms with Crippen molar-refractivity contribution in [2.75, 3.05) is 26.9 Å². The lowest BCUT2D eigenvalue weighted by molar-refractivity contribution is -0.244. The highest BCUT2D eigenvalue weighted by atomic mass is 16.8. The van der Waals surface area contributed by atoms with Crippen LogP contribution in [0.15, 0.2) is 12.7 Å². The molecule has 2 heterocycles. The van der Waals surface area contributed by atoms with Crippen molar-refractivity contribution < 1.29 is 14.2 Å². The molecule has 0 aromatic carbocycles. The summed E-state index contributed by atoms with van der Waals surface area (Å²) in [6.45, 7) is 14.4. The Kier molecular flexibility index (Phi) is 4.32. The maximum absolute atomic E-state index is 6.25. The molecule has 0 aromatic rings. The summed E-state index contributed by atoms with van der Waals surface area (Å²) >= 11 is 0. The Hall–Kier alpha value is -0.420. The standard InChI is InChI=1S/C16H29NO3/c1-7-8-18-9-13-10-19-16(20-13)11-14(2,3)17(6)15(4,5)12-16/h7,13H,1,8-12H2,2-6H3. The fraction of sp³-hybridized carbons (Fsp3) is 0.875. The Bertz CT molecular complexity index is 347. The van der Waals surface area contributed by atoms with Crippen molar-refractivity contribution in [1.29, 1.82) is 0 Å². The summed E-state index contributed by atoms with van der Waals surface area (Å²) in [6.07, 6.45) is 3.56. The number of ether oxygens (including phenoxy) is 3. The zero-order valence-corrected chi connectivity index (χ0v) is 13.6. The van der Waals surface area contributed by atoms with Crippen LogP contribution in [0.4, 0.5) is 0 Å². The van der Waals surface area contributed by atoms with E-state index >= 15 is 0 Å². The summed E-state index contributed by atoms with van der Waals surface area (Å²) in [6, 6.07) is 0. The van der Waals surface area contributed by atoms with Gasteiger partial charge in [0.2, 0.25) is 0 Å². The molecule has 0 N–H and O–H groups in total. The van der Waals surface area contributed by atoms with Gasteiger partial charge in [0.15, 0.2) is 5.79 Å². The molecule has 116 valence electrons. The number of hydrogen-bond donors (Lipinski definition) is 0. The van der Waals surface area contributed by atoms with Crippen LogP contribution in [0.5, 0.6) is 0 Å². The Morgan fingerprint density at radius 3 is 2.40 bits per heavy atom. The van der Waals surface area contributed by atoms with Crippen LogP contribution >= 0.6 is 0 Å². The third-order valence-electron chi connectivity index (χ3n) is 4.67. The van der Waals surface area contributed by atoms with Gasteiger partial charge >= 0.3 is 0 Å². The highest BCUT2D eigenvalue weighted by Gasteiger charge is 2.55. The molecule has 1 spiro atoms. The van der Waals surface area contributed by atoms with E-state index in [0.29, 0.717) is 19.8 Å². The largest absolute Gasteiger partial charge is 0.375 e. The van der Waals surface area contributed by atoms with Crippen LogP contribution in [0.1, 0.15) is 40.5 Å². The highest BCUT2D eigenvalue weighted by molar-refractivity contribution is 5.04. The molecule has 4 heteroatoms.